The Morgan fingerprint density at radius 2 is 2.50 bits per heavy atom. The summed E-state index contributed by atoms with van der Waals surface area (Å²) in [6.45, 7) is 3.35. The van der Waals surface area contributed by atoms with E-state index < -0.39 is 0 Å². The van der Waals surface area contributed by atoms with Crippen LogP contribution in [0.1, 0.15) is 6.42 Å². The van der Waals surface area contributed by atoms with E-state index in [-0.39, 0.29) is 0 Å². The van der Waals surface area contributed by atoms with Gasteiger partial charge in [0.25, 0.3) is 0 Å². The molecule has 2 nitrogen and oxygen atoms in total. The lowest BCUT2D eigenvalue weighted by molar-refractivity contribution is 0.223. The largest absolute Gasteiger partial charge is 0.395 e. The minimum absolute atomic E-state index is 0.299. The van der Waals surface area contributed by atoms with Crippen LogP contribution >= 0.6 is 0 Å². The fourth-order valence-electron chi connectivity index (χ4n) is 0.984. The molecule has 1 N–H and O–H groups in total. The summed E-state index contributed by atoms with van der Waals surface area (Å²) in [6, 6.07) is 0. The Morgan fingerprint density at radius 1 is 1.62 bits per heavy atom. The molecule has 0 unspecified atom stereocenters. The first-order chi connectivity index (χ1) is 3.93. The summed E-state index contributed by atoms with van der Waals surface area (Å²) < 4.78 is 0. The second-order valence-corrected chi connectivity index (χ2v) is 2.10. The zero-order valence-corrected chi connectivity index (χ0v) is 5.01. The van der Waals surface area contributed by atoms with Gasteiger partial charge in [0.2, 0.25) is 0 Å². The van der Waals surface area contributed by atoms with Gasteiger partial charge in [0.05, 0.1) is 6.61 Å². The van der Waals surface area contributed by atoms with Crippen LogP contribution in [0.4, 0.5) is 0 Å². The van der Waals surface area contributed by atoms with Crippen molar-refractivity contribution in [3.8, 4) is 0 Å². The average Bonchev–Trinajstić information content (AvgIpc) is 2.19. The second-order valence-electron chi connectivity index (χ2n) is 2.10. The Balaban J connectivity index is 2.06. The smallest absolute Gasteiger partial charge is 0.0558 e. The van der Waals surface area contributed by atoms with Crippen molar-refractivity contribution < 1.29 is 5.11 Å². The van der Waals surface area contributed by atoms with Gasteiger partial charge in [-0.15, -0.1) is 0 Å². The molecule has 47 valence electrons. The molecule has 0 aromatic rings. The Kier molecular flexibility index (Phi) is 2.30. The van der Waals surface area contributed by atoms with Crippen molar-refractivity contribution >= 4 is 0 Å². The molecule has 1 aliphatic heterocycles. The van der Waals surface area contributed by atoms with Gasteiger partial charge < -0.3 is 10.0 Å². The lowest BCUT2D eigenvalue weighted by Gasteiger charge is -2.10. The zero-order valence-electron chi connectivity index (χ0n) is 5.01. The number of β-amino-alcohol motifs (C(OH)–C–C–N with tert-alkyl or cyclic N) is 1. The molecule has 1 rings (SSSR count). The third-order valence-corrected chi connectivity index (χ3v) is 1.45. The van der Waals surface area contributed by atoms with Crippen LogP contribution < -0.4 is 0 Å². The third-order valence-electron chi connectivity index (χ3n) is 1.45. The fraction of sp³-hybridized carbons (Fsp3) is 0.833. The molecule has 1 fully saturated rings. The van der Waals surface area contributed by atoms with E-state index in [0.29, 0.717) is 6.61 Å². The average molecular weight is 114 g/mol. The summed E-state index contributed by atoms with van der Waals surface area (Å²) in [6.07, 6.45) is 3.44. The van der Waals surface area contributed by atoms with Crippen molar-refractivity contribution in [1.82, 2.24) is 4.90 Å². The predicted molar refractivity (Wildman–Crippen MR) is 32.4 cm³/mol. The number of aliphatic hydroxyl groups excluding tert-OH is 1. The number of hydrogen-bond acceptors (Lipinski definition) is 2. The van der Waals surface area contributed by atoms with Crippen molar-refractivity contribution in [3.63, 3.8) is 0 Å². The molecule has 0 aromatic heterocycles. The first-order valence-electron chi connectivity index (χ1n) is 3.08. The highest BCUT2D eigenvalue weighted by molar-refractivity contribution is 4.79. The van der Waals surface area contributed by atoms with Crippen molar-refractivity contribution in [2.45, 2.75) is 6.42 Å². The van der Waals surface area contributed by atoms with Crippen molar-refractivity contribution in [2.24, 2.45) is 0 Å². The minimum Gasteiger partial charge on any atom is -0.395 e. The molecular formula is C6H12NO. The van der Waals surface area contributed by atoms with Crippen LogP contribution in [0.3, 0.4) is 0 Å². The molecule has 1 aliphatic rings. The Hall–Kier alpha value is -0.0800. The van der Waals surface area contributed by atoms with E-state index in [9.17, 15) is 0 Å². The molecule has 0 amide bonds. The lowest BCUT2D eigenvalue weighted by Crippen LogP contribution is -2.22. The molecule has 0 aromatic carbocycles. The maximum absolute atomic E-state index is 8.47. The van der Waals surface area contributed by atoms with Crippen molar-refractivity contribution in [3.05, 3.63) is 6.42 Å². The van der Waals surface area contributed by atoms with Gasteiger partial charge in [-0.2, -0.15) is 0 Å². The lowest BCUT2D eigenvalue weighted by atomic mass is 10.4. The summed E-state index contributed by atoms with van der Waals surface area (Å²) in [4.78, 5) is 2.24. The first kappa shape index (κ1) is 6.05. The van der Waals surface area contributed by atoms with Crippen LogP contribution in [0.15, 0.2) is 0 Å². The highest BCUT2D eigenvalue weighted by Gasteiger charge is 2.09. The van der Waals surface area contributed by atoms with Crippen LogP contribution in [0.2, 0.25) is 0 Å². The Labute approximate surface area is 50.1 Å². The van der Waals surface area contributed by atoms with E-state index in [1.54, 1.807) is 0 Å². The molecule has 1 radical (unpaired) electrons. The van der Waals surface area contributed by atoms with E-state index in [0.717, 1.165) is 19.6 Å². The molecule has 0 atom stereocenters. The monoisotopic (exact) mass is 114 g/mol. The van der Waals surface area contributed by atoms with Gasteiger partial charge in [0.15, 0.2) is 0 Å². The Morgan fingerprint density at radius 3 is 3.00 bits per heavy atom. The van der Waals surface area contributed by atoms with Crippen LogP contribution in [0.5, 0.6) is 0 Å². The molecule has 0 bridgehead atoms. The number of likely N-dealkylation sites (tertiary alicyclic amines) is 1. The van der Waals surface area contributed by atoms with Gasteiger partial charge in [0.1, 0.15) is 0 Å². The van der Waals surface area contributed by atoms with Crippen LogP contribution in [0, 0.1) is 6.42 Å². The van der Waals surface area contributed by atoms with E-state index in [4.69, 9.17) is 5.11 Å². The molecule has 1 saturated heterocycles. The quantitative estimate of drug-likeness (QED) is 0.541. The fourth-order valence-corrected chi connectivity index (χ4v) is 0.984. The number of hydrogen-bond donors (Lipinski definition) is 1. The van der Waals surface area contributed by atoms with Crippen molar-refractivity contribution in [1.29, 1.82) is 0 Å². The van der Waals surface area contributed by atoms with Crippen LogP contribution in [-0.4, -0.2) is 36.2 Å². The SMILES string of the molecule is OCCN1C[CH]CC1. The number of rotatable bonds is 2. The van der Waals surface area contributed by atoms with E-state index in [1.807, 2.05) is 0 Å². The van der Waals surface area contributed by atoms with Gasteiger partial charge in [-0.3, -0.25) is 0 Å². The van der Waals surface area contributed by atoms with Crippen LogP contribution in [-0.2, 0) is 0 Å². The molecule has 0 saturated carbocycles. The second kappa shape index (κ2) is 3.05. The summed E-state index contributed by atoms with van der Waals surface area (Å²) in [5.41, 5.74) is 0. The molecule has 0 aliphatic carbocycles. The third kappa shape index (κ3) is 1.46. The topological polar surface area (TPSA) is 23.5 Å². The molecule has 0 spiro atoms. The summed E-state index contributed by atoms with van der Waals surface area (Å²) in [7, 11) is 0. The van der Waals surface area contributed by atoms with Gasteiger partial charge >= 0.3 is 0 Å². The summed E-state index contributed by atoms with van der Waals surface area (Å²) >= 11 is 0. The number of nitrogens with zero attached hydrogens (tertiary/aromatic N) is 1. The maximum Gasteiger partial charge on any atom is 0.0558 e. The predicted octanol–water partition coefficient (Wildman–Crippen LogP) is -0.111. The summed E-state index contributed by atoms with van der Waals surface area (Å²) in [5, 5.41) is 8.47. The molecule has 1 heterocycles. The van der Waals surface area contributed by atoms with Gasteiger partial charge in [0, 0.05) is 13.1 Å². The normalized spacial score (nSPS) is 22.1. The summed E-state index contributed by atoms with van der Waals surface area (Å²) in [5.74, 6) is 0. The first-order valence-corrected chi connectivity index (χ1v) is 3.08. The number of aliphatic hydroxyl groups is 1. The molecule has 2 heteroatoms. The molecular weight excluding hydrogens is 102 g/mol. The van der Waals surface area contributed by atoms with Gasteiger partial charge in [-0.25, -0.2) is 0 Å². The zero-order chi connectivity index (χ0) is 5.82. The highest BCUT2D eigenvalue weighted by Crippen LogP contribution is 2.03. The van der Waals surface area contributed by atoms with E-state index >= 15 is 0 Å². The van der Waals surface area contributed by atoms with E-state index in [1.165, 1.54) is 6.42 Å². The highest BCUT2D eigenvalue weighted by atomic mass is 16.3. The maximum atomic E-state index is 8.47. The molecule has 8 heavy (non-hydrogen) atoms. The van der Waals surface area contributed by atoms with Gasteiger partial charge in [-0.1, -0.05) is 0 Å². The van der Waals surface area contributed by atoms with Crippen LogP contribution in [0.25, 0.3) is 0 Å². The van der Waals surface area contributed by atoms with Crippen molar-refractivity contribution in [2.75, 3.05) is 26.2 Å². The van der Waals surface area contributed by atoms with E-state index in [2.05, 4.69) is 11.3 Å². The minimum atomic E-state index is 0.299. The van der Waals surface area contributed by atoms with Gasteiger partial charge in [-0.05, 0) is 19.4 Å². The Bertz CT molecular complexity index is 59.5. The standard InChI is InChI=1S/C6H12NO/c8-6-5-7-3-1-2-4-7/h1,8H,2-6H2.